The second kappa shape index (κ2) is 6.49. The van der Waals surface area contributed by atoms with E-state index >= 15 is 0 Å². The average Bonchev–Trinajstić information content (AvgIpc) is 2.48. The number of hydrogen-bond donors (Lipinski definition) is 1. The van der Waals surface area contributed by atoms with Crippen molar-refractivity contribution in [2.45, 2.75) is 18.9 Å². The first kappa shape index (κ1) is 14.5. The van der Waals surface area contributed by atoms with Gasteiger partial charge >= 0.3 is 6.09 Å². The Bertz CT molecular complexity index is 542. The van der Waals surface area contributed by atoms with Crippen molar-refractivity contribution in [3.05, 3.63) is 28.8 Å². The first-order valence-electron chi connectivity index (χ1n) is 6.43. The fourth-order valence-electron chi connectivity index (χ4n) is 2.34. The number of anilines is 1. The number of halogens is 1. The number of nitrogens with one attached hydrogen (secondary N) is 1. The summed E-state index contributed by atoms with van der Waals surface area (Å²) in [5.74, 6) is 0. The van der Waals surface area contributed by atoms with Crippen molar-refractivity contribution in [2.75, 3.05) is 25.5 Å². The maximum absolute atomic E-state index is 11.5. The van der Waals surface area contributed by atoms with E-state index in [1.54, 1.807) is 23.1 Å². The van der Waals surface area contributed by atoms with Crippen LogP contribution in [0.3, 0.4) is 0 Å². The highest BCUT2D eigenvalue weighted by Gasteiger charge is 2.24. The Morgan fingerprint density at radius 3 is 3.10 bits per heavy atom. The van der Waals surface area contributed by atoms with Gasteiger partial charge in [-0.15, -0.1) is 0 Å². The Morgan fingerprint density at radius 1 is 1.60 bits per heavy atom. The van der Waals surface area contributed by atoms with Crippen molar-refractivity contribution in [3.8, 4) is 6.07 Å². The molecule has 5 nitrogen and oxygen atoms in total. The van der Waals surface area contributed by atoms with Crippen LogP contribution in [0.1, 0.15) is 18.4 Å². The Balaban J connectivity index is 2.07. The average molecular weight is 294 g/mol. The standard InChI is InChI=1S/C14H16ClN3O2/c1-20-14(19)18-6-2-3-12(9-18)17-13-5-4-11(15)7-10(13)8-16/h4-5,7,12,17H,2-3,6,9H2,1H3. The number of rotatable bonds is 2. The summed E-state index contributed by atoms with van der Waals surface area (Å²) in [6.07, 6.45) is 1.54. The number of hydrogen-bond acceptors (Lipinski definition) is 4. The molecule has 1 N–H and O–H groups in total. The monoisotopic (exact) mass is 293 g/mol. The quantitative estimate of drug-likeness (QED) is 0.910. The van der Waals surface area contributed by atoms with Crippen LogP contribution in [-0.2, 0) is 4.74 Å². The maximum atomic E-state index is 11.5. The summed E-state index contributed by atoms with van der Waals surface area (Å²) in [7, 11) is 1.38. The molecule has 2 rings (SSSR count). The van der Waals surface area contributed by atoms with E-state index in [4.69, 9.17) is 21.6 Å². The van der Waals surface area contributed by atoms with Gasteiger partial charge in [-0.25, -0.2) is 4.79 Å². The lowest BCUT2D eigenvalue weighted by atomic mass is 10.0. The van der Waals surface area contributed by atoms with E-state index in [9.17, 15) is 4.79 Å². The van der Waals surface area contributed by atoms with Gasteiger partial charge in [0, 0.05) is 24.2 Å². The number of methoxy groups -OCH3 is 1. The second-order valence-electron chi connectivity index (χ2n) is 4.70. The molecule has 1 fully saturated rings. The van der Waals surface area contributed by atoms with E-state index in [-0.39, 0.29) is 12.1 Å². The Labute approximate surface area is 123 Å². The lowest BCUT2D eigenvalue weighted by molar-refractivity contribution is 0.113. The predicted molar refractivity (Wildman–Crippen MR) is 76.8 cm³/mol. The van der Waals surface area contributed by atoms with Crippen molar-refractivity contribution in [3.63, 3.8) is 0 Å². The molecule has 1 aliphatic rings. The summed E-state index contributed by atoms with van der Waals surface area (Å²) in [5, 5.41) is 13.0. The summed E-state index contributed by atoms with van der Waals surface area (Å²) in [4.78, 5) is 13.2. The van der Waals surface area contributed by atoms with Gasteiger partial charge in [-0.05, 0) is 31.0 Å². The zero-order chi connectivity index (χ0) is 14.5. The van der Waals surface area contributed by atoms with Gasteiger partial charge in [0.05, 0.1) is 18.4 Å². The number of carbonyl (C=O) groups is 1. The van der Waals surface area contributed by atoms with Crippen LogP contribution in [0.2, 0.25) is 5.02 Å². The van der Waals surface area contributed by atoms with E-state index in [0.29, 0.717) is 23.7 Å². The van der Waals surface area contributed by atoms with Gasteiger partial charge in [-0.3, -0.25) is 0 Å². The summed E-state index contributed by atoms with van der Waals surface area (Å²) >= 11 is 5.87. The molecule has 20 heavy (non-hydrogen) atoms. The zero-order valence-corrected chi connectivity index (χ0v) is 12.0. The van der Waals surface area contributed by atoms with E-state index in [1.807, 2.05) is 0 Å². The molecule has 1 atom stereocenters. The molecule has 1 aromatic rings. The van der Waals surface area contributed by atoms with Crippen molar-refractivity contribution in [2.24, 2.45) is 0 Å². The van der Waals surface area contributed by atoms with Crippen LogP contribution in [0.25, 0.3) is 0 Å². The van der Waals surface area contributed by atoms with E-state index in [2.05, 4.69) is 11.4 Å². The van der Waals surface area contributed by atoms with Crippen LogP contribution < -0.4 is 5.32 Å². The Morgan fingerprint density at radius 2 is 2.40 bits per heavy atom. The molecule has 0 saturated carbocycles. The third-order valence-corrected chi connectivity index (χ3v) is 3.55. The molecule has 106 valence electrons. The molecule has 6 heteroatoms. The molecule has 0 aliphatic carbocycles. The van der Waals surface area contributed by atoms with Gasteiger partial charge in [-0.1, -0.05) is 11.6 Å². The lowest BCUT2D eigenvalue weighted by Gasteiger charge is -2.32. The first-order valence-corrected chi connectivity index (χ1v) is 6.81. The van der Waals surface area contributed by atoms with E-state index < -0.39 is 0 Å². The van der Waals surface area contributed by atoms with Crippen molar-refractivity contribution < 1.29 is 9.53 Å². The van der Waals surface area contributed by atoms with Crippen molar-refractivity contribution in [1.29, 1.82) is 5.26 Å². The Hall–Kier alpha value is -1.93. The maximum Gasteiger partial charge on any atom is 0.409 e. The van der Waals surface area contributed by atoms with E-state index in [0.717, 1.165) is 18.5 Å². The molecule has 1 heterocycles. The molecule has 0 aromatic heterocycles. The first-order chi connectivity index (χ1) is 9.63. The summed E-state index contributed by atoms with van der Waals surface area (Å²) in [5.41, 5.74) is 1.25. The molecule has 1 unspecified atom stereocenters. The minimum atomic E-state index is -0.312. The highest BCUT2D eigenvalue weighted by Crippen LogP contribution is 2.23. The van der Waals surface area contributed by atoms with Gasteiger partial charge < -0.3 is 15.0 Å². The number of likely N-dealkylation sites (tertiary alicyclic amines) is 1. The normalized spacial score (nSPS) is 18.2. The zero-order valence-electron chi connectivity index (χ0n) is 11.2. The number of nitriles is 1. The fourth-order valence-corrected chi connectivity index (χ4v) is 2.52. The third-order valence-electron chi connectivity index (χ3n) is 3.32. The van der Waals surface area contributed by atoms with Crippen molar-refractivity contribution >= 4 is 23.4 Å². The highest BCUT2D eigenvalue weighted by atomic mass is 35.5. The minimum absolute atomic E-state index is 0.108. The Kier molecular flexibility index (Phi) is 4.70. The number of carbonyl (C=O) groups excluding carboxylic acids is 1. The van der Waals surface area contributed by atoms with Crippen LogP contribution in [0.5, 0.6) is 0 Å². The molecule has 1 amide bonds. The molecule has 1 aromatic carbocycles. The number of ether oxygens (including phenoxy) is 1. The fraction of sp³-hybridized carbons (Fsp3) is 0.429. The topological polar surface area (TPSA) is 65.4 Å². The largest absolute Gasteiger partial charge is 0.453 e. The van der Waals surface area contributed by atoms with Gasteiger partial charge in [0.25, 0.3) is 0 Å². The van der Waals surface area contributed by atoms with Gasteiger partial charge in [0.15, 0.2) is 0 Å². The van der Waals surface area contributed by atoms with Crippen LogP contribution >= 0.6 is 11.6 Å². The molecule has 0 radical (unpaired) electrons. The van der Waals surface area contributed by atoms with Crippen LogP contribution in [0.15, 0.2) is 18.2 Å². The van der Waals surface area contributed by atoms with Crippen LogP contribution in [0.4, 0.5) is 10.5 Å². The molecule has 0 bridgehead atoms. The summed E-state index contributed by atoms with van der Waals surface area (Å²) in [6.45, 7) is 1.27. The number of benzene rings is 1. The molecular formula is C14H16ClN3O2. The van der Waals surface area contributed by atoms with Gasteiger partial charge in [0.1, 0.15) is 6.07 Å². The SMILES string of the molecule is COC(=O)N1CCCC(Nc2ccc(Cl)cc2C#N)C1. The number of nitrogens with zero attached hydrogens (tertiary/aromatic N) is 2. The summed E-state index contributed by atoms with van der Waals surface area (Å²) in [6, 6.07) is 7.39. The van der Waals surface area contributed by atoms with Gasteiger partial charge in [0.2, 0.25) is 0 Å². The predicted octanol–water partition coefficient (Wildman–Crippen LogP) is 2.85. The summed E-state index contributed by atoms with van der Waals surface area (Å²) < 4.78 is 4.74. The number of piperidine rings is 1. The smallest absolute Gasteiger partial charge is 0.409 e. The van der Waals surface area contributed by atoms with Gasteiger partial charge in [-0.2, -0.15) is 5.26 Å². The second-order valence-corrected chi connectivity index (χ2v) is 5.14. The van der Waals surface area contributed by atoms with Crippen molar-refractivity contribution in [1.82, 2.24) is 4.90 Å². The lowest BCUT2D eigenvalue weighted by Crippen LogP contribution is -2.45. The third kappa shape index (κ3) is 3.34. The minimum Gasteiger partial charge on any atom is -0.453 e. The molecular weight excluding hydrogens is 278 g/mol. The van der Waals surface area contributed by atoms with E-state index in [1.165, 1.54) is 7.11 Å². The molecule has 1 aliphatic heterocycles. The van der Waals surface area contributed by atoms with Crippen LogP contribution in [0, 0.1) is 11.3 Å². The van der Waals surface area contributed by atoms with Crippen LogP contribution in [-0.4, -0.2) is 37.2 Å². The number of amides is 1. The molecule has 1 saturated heterocycles. The highest BCUT2D eigenvalue weighted by molar-refractivity contribution is 6.30. The molecule has 0 spiro atoms.